The van der Waals surface area contributed by atoms with Gasteiger partial charge in [0.05, 0.1) is 0 Å². The molecular weight excluding hydrogens is 141 g/mol. The Morgan fingerprint density at radius 1 is 1.20 bits per heavy atom. The van der Waals surface area contributed by atoms with E-state index in [-0.39, 0.29) is 38.9 Å². The van der Waals surface area contributed by atoms with Gasteiger partial charge in [-0.15, -0.1) is 0 Å². The summed E-state index contributed by atoms with van der Waals surface area (Å²) in [5.41, 5.74) is 0. The predicted octanol–water partition coefficient (Wildman–Crippen LogP) is 1.33. The van der Waals surface area contributed by atoms with Gasteiger partial charge in [0.1, 0.15) is 0 Å². The van der Waals surface area contributed by atoms with E-state index in [2.05, 4.69) is 5.32 Å². The summed E-state index contributed by atoms with van der Waals surface area (Å²) in [5, 5.41) is 3.50. The maximum atomic E-state index is 3.50. The Morgan fingerprint density at radius 3 is 1.20 bits per heavy atom. The third-order valence-corrected chi connectivity index (χ3v) is 0. The van der Waals surface area contributed by atoms with Crippen molar-refractivity contribution in [1.82, 2.24) is 0 Å². The SMILES string of the molecule is C[N-]C.[NH2-].[Y+3]. The van der Waals surface area contributed by atoms with Gasteiger partial charge in [0.15, 0.2) is 0 Å². The third-order valence-electron chi connectivity index (χ3n) is 0. The van der Waals surface area contributed by atoms with Gasteiger partial charge in [-0.1, -0.05) is 0 Å². The summed E-state index contributed by atoms with van der Waals surface area (Å²) in [4.78, 5) is 0. The van der Waals surface area contributed by atoms with E-state index in [0.29, 0.717) is 0 Å². The first kappa shape index (κ1) is 16.6. The summed E-state index contributed by atoms with van der Waals surface area (Å²) < 4.78 is 0. The Labute approximate surface area is 58.2 Å². The Balaban J connectivity index is -0.0000000200. The van der Waals surface area contributed by atoms with E-state index in [0.717, 1.165) is 0 Å². The maximum absolute atomic E-state index is 3.50. The van der Waals surface area contributed by atoms with E-state index in [4.69, 9.17) is 0 Å². The molecule has 2 N–H and O–H groups in total. The van der Waals surface area contributed by atoms with E-state index in [9.17, 15) is 0 Å². The van der Waals surface area contributed by atoms with Gasteiger partial charge in [0, 0.05) is 0 Å². The number of nitrogens with two attached hydrogens (primary N) is 1. The van der Waals surface area contributed by atoms with E-state index < -0.39 is 0 Å². The normalized spacial score (nSPS) is 3.60. The number of rotatable bonds is 0. The summed E-state index contributed by atoms with van der Waals surface area (Å²) in [6.07, 6.45) is 0. The van der Waals surface area contributed by atoms with E-state index in [1.807, 2.05) is 0 Å². The van der Waals surface area contributed by atoms with Crippen LogP contribution in [0.15, 0.2) is 0 Å². The summed E-state index contributed by atoms with van der Waals surface area (Å²) in [6, 6.07) is 0. The molecule has 0 aliphatic rings. The summed E-state index contributed by atoms with van der Waals surface area (Å²) in [7, 11) is 3.50. The molecular formula is C2H8N2Y+. The van der Waals surface area contributed by atoms with Gasteiger partial charge in [-0.25, -0.2) is 0 Å². The second-order valence-electron chi connectivity index (χ2n) is 0.447. The molecule has 0 unspecified atom stereocenters. The molecule has 0 rings (SSSR count). The van der Waals surface area contributed by atoms with Crippen molar-refractivity contribution in [2.24, 2.45) is 0 Å². The minimum absolute atomic E-state index is 0. The van der Waals surface area contributed by atoms with E-state index in [1.165, 1.54) is 0 Å². The van der Waals surface area contributed by atoms with Crippen molar-refractivity contribution in [3.8, 4) is 0 Å². The van der Waals surface area contributed by atoms with Crippen molar-refractivity contribution in [2.45, 2.75) is 0 Å². The zero-order chi connectivity index (χ0) is 2.71. The molecule has 0 amide bonds. The van der Waals surface area contributed by atoms with Gasteiger partial charge in [-0.3, -0.25) is 0 Å². The average Bonchev–Trinajstić information content (AvgIpc) is 0.918. The van der Waals surface area contributed by atoms with Crippen molar-refractivity contribution < 1.29 is 32.7 Å². The van der Waals surface area contributed by atoms with Crippen LogP contribution in [0.4, 0.5) is 0 Å². The topological polar surface area (TPSA) is 47.6 Å². The second-order valence-corrected chi connectivity index (χ2v) is 0.447. The summed E-state index contributed by atoms with van der Waals surface area (Å²) in [5.74, 6) is 0. The van der Waals surface area contributed by atoms with Crippen molar-refractivity contribution in [3.05, 3.63) is 11.5 Å². The minimum Gasteiger partial charge on any atom is -0.693 e. The fraction of sp³-hybridized carbons (Fsp3) is 1.00. The van der Waals surface area contributed by atoms with Gasteiger partial charge in [0.2, 0.25) is 0 Å². The molecule has 2 nitrogen and oxygen atoms in total. The standard InChI is InChI=1S/C2H6N.H2N.Y/c1-3-2;;/h1-2H3;1H2;/q2*-1;+3. The molecule has 0 spiro atoms. The molecule has 0 fully saturated rings. The van der Waals surface area contributed by atoms with Crippen molar-refractivity contribution >= 4 is 0 Å². The average molecular weight is 149 g/mol. The van der Waals surface area contributed by atoms with Crippen LogP contribution >= 0.6 is 0 Å². The van der Waals surface area contributed by atoms with Crippen LogP contribution in [0, 0.1) is 0 Å². The smallest absolute Gasteiger partial charge is 0.693 e. The van der Waals surface area contributed by atoms with E-state index in [1.54, 1.807) is 14.1 Å². The Kier molecular flexibility index (Phi) is 66.0. The quantitative estimate of drug-likeness (QED) is 0.498. The van der Waals surface area contributed by atoms with E-state index >= 15 is 0 Å². The third kappa shape index (κ3) is 43.8. The van der Waals surface area contributed by atoms with Crippen LogP contribution in [0.3, 0.4) is 0 Å². The molecule has 0 saturated carbocycles. The van der Waals surface area contributed by atoms with Crippen molar-refractivity contribution in [2.75, 3.05) is 14.1 Å². The molecule has 0 aliphatic heterocycles. The van der Waals surface area contributed by atoms with Gasteiger partial charge in [-0.2, -0.15) is 14.1 Å². The molecule has 0 bridgehead atoms. The fourth-order valence-electron chi connectivity index (χ4n) is 0. The Bertz CT molecular complexity index is 7.61. The molecule has 0 saturated heterocycles. The number of nitrogens with zero attached hydrogens (tertiary/aromatic N) is 1. The molecule has 0 heterocycles. The minimum atomic E-state index is 0. The van der Waals surface area contributed by atoms with Gasteiger partial charge < -0.3 is 11.5 Å². The zero-order valence-electron chi connectivity index (χ0n) is 3.60. The molecule has 28 valence electrons. The second kappa shape index (κ2) is 19.9. The molecule has 0 aromatic carbocycles. The molecule has 5 heavy (non-hydrogen) atoms. The summed E-state index contributed by atoms with van der Waals surface area (Å²) in [6.45, 7) is 0. The van der Waals surface area contributed by atoms with Crippen LogP contribution < -0.4 is 0 Å². The Morgan fingerprint density at radius 2 is 1.20 bits per heavy atom. The molecule has 0 aromatic rings. The van der Waals surface area contributed by atoms with Gasteiger partial charge in [-0.05, 0) is 0 Å². The number of hydrogen-bond donors (Lipinski definition) is 0. The molecule has 0 radical (unpaired) electrons. The monoisotopic (exact) mass is 149 g/mol. The predicted molar refractivity (Wildman–Crippen MR) is 20.5 cm³/mol. The van der Waals surface area contributed by atoms with Crippen molar-refractivity contribution in [3.63, 3.8) is 0 Å². The molecule has 3 heteroatoms. The van der Waals surface area contributed by atoms with Crippen LogP contribution in [0.5, 0.6) is 0 Å². The first-order valence-corrected chi connectivity index (χ1v) is 0.894. The molecule has 0 aromatic heterocycles. The molecule has 0 atom stereocenters. The fourth-order valence-corrected chi connectivity index (χ4v) is 0. The van der Waals surface area contributed by atoms with Crippen LogP contribution in [0.1, 0.15) is 0 Å². The van der Waals surface area contributed by atoms with Crippen LogP contribution in [-0.4, -0.2) is 14.1 Å². The van der Waals surface area contributed by atoms with Crippen LogP contribution in [-0.2, 0) is 32.7 Å². The number of hydrogen-bond acceptors (Lipinski definition) is 0. The maximum Gasteiger partial charge on any atom is 3.00 e. The van der Waals surface area contributed by atoms with Gasteiger partial charge >= 0.3 is 32.7 Å². The van der Waals surface area contributed by atoms with Crippen LogP contribution in [0.2, 0.25) is 0 Å². The molecule has 0 aliphatic carbocycles. The largest absolute Gasteiger partial charge is 3.00 e. The van der Waals surface area contributed by atoms with Crippen molar-refractivity contribution in [1.29, 1.82) is 0 Å². The van der Waals surface area contributed by atoms with Gasteiger partial charge in [0.25, 0.3) is 0 Å². The zero-order valence-corrected chi connectivity index (χ0v) is 6.44. The first-order chi connectivity index (χ1) is 1.41. The summed E-state index contributed by atoms with van der Waals surface area (Å²) >= 11 is 0. The Hall–Kier alpha value is 1.02. The van der Waals surface area contributed by atoms with Crippen LogP contribution in [0.25, 0.3) is 11.5 Å². The first-order valence-electron chi connectivity index (χ1n) is 0.894.